The molecule has 0 fully saturated rings. The van der Waals surface area contributed by atoms with Crippen LogP contribution in [-0.4, -0.2) is 16.1 Å². The minimum absolute atomic E-state index is 1.23. The number of hydrogen-bond donors (Lipinski definition) is 0. The number of rotatable bonds is 10. The largest absolute Gasteiger partial charge is 0.179 e. The van der Waals surface area contributed by atoms with E-state index in [1.54, 1.807) is 0 Å². The molecule has 0 atom stereocenters. The standard InChI is InChI=1S/C63H48Si2/c1-47-42-43-60-61(44-47)63(49-25-23-39-57(46-49)65(53-32-14-5-15-33-53,54-34-16-6-17-35-54)55-36-18-7-19-37-55)59-41-21-20-40-58(59)62(60)48-24-22-38-56(45-48)64(50-26-8-2-9-27-50,51-28-10-3-11-29-51)52-30-12-4-13-31-52/h2-46H,1H3. The molecule has 0 amide bonds. The van der Waals surface area contributed by atoms with Gasteiger partial charge in [0.25, 0.3) is 0 Å². The zero-order chi connectivity index (χ0) is 43.6. The molecule has 11 aromatic carbocycles. The summed E-state index contributed by atoms with van der Waals surface area (Å²) < 4.78 is 0. The molecule has 308 valence electrons. The van der Waals surface area contributed by atoms with E-state index >= 15 is 0 Å². The van der Waals surface area contributed by atoms with Crippen LogP contribution >= 0.6 is 0 Å². The van der Waals surface area contributed by atoms with E-state index in [1.165, 1.54) is 90.9 Å². The maximum Gasteiger partial charge on any atom is 0.179 e. The Morgan fingerprint density at radius 3 is 0.831 bits per heavy atom. The minimum Gasteiger partial charge on any atom is -0.0623 e. The molecule has 0 nitrogen and oxygen atoms in total. The topological polar surface area (TPSA) is 0 Å². The SMILES string of the molecule is Cc1ccc2c(-c3cccc([Si](c4ccccc4)(c4ccccc4)c4ccccc4)c3)c3ccccc3c(-c3cccc([Si](c4ccccc4)(c4ccccc4)c4ccccc4)c3)c2c1. The third kappa shape index (κ3) is 6.82. The van der Waals surface area contributed by atoms with Crippen LogP contribution < -0.4 is 41.5 Å². The van der Waals surface area contributed by atoms with Crippen LogP contribution in [0.1, 0.15) is 5.56 Å². The van der Waals surface area contributed by atoms with Gasteiger partial charge in [-0.25, -0.2) is 0 Å². The minimum atomic E-state index is -2.78. The highest BCUT2D eigenvalue weighted by atomic mass is 28.3. The van der Waals surface area contributed by atoms with Crippen molar-refractivity contribution in [3.8, 4) is 22.3 Å². The fourth-order valence-corrected chi connectivity index (χ4v) is 20.5. The third-order valence-corrected chi connectivity index (χ3v) is 23.1. The van der Waals surface area contributed by atoms with Gasteiger partial charge in [0.05, 0.1) is 0 Å². The first-order valence-electron chi connectivity index (χ1n) is 22.7. The zero-order valence-electron chi connectivity index (χ0n) is 36.5. The lowest BCUT2D eigenvalue weighted by Gasteiger charge is -2.35. The van der Waals surface area contributed by atoms with Crippen molar-refractivity contribution >= 4 is 79.2 Å². The van der Waals surface area contributed by atoms with E-state index in [9.17, 15) is 0 Å². The van der Waals surface area contributed by atoms with Gasteiger partial charge in [-0.15, -0.1) is 0 Å². The van der Waals surface area contributed by atoms with Gasteiger partial charge in [0.2, 0.25) is 0 Å². The average molecular weight is 861 g/mol. The lowest BCUT2D eigenvalue weighted by molar-refractivity contribution is 1.51. The van der Waals surface area contributed by atoms with E-state index in [0.29, 0.717) is 0 Å². The first-order valence-corrected chi connectivity index (χ1v) is 26.7. The lowest BCUT2D eigenvalue weighted by Crippen LogP contribution is -2.74. The molecule has 65 heavy (non-hydrogen) atoms. The summed E-state index contributed by atoms with van der Waals surface area (Å²) in [5.41, 5.74) is 6.26. The first kappa shape index (κ1) is 40.2. The summed E-state index contributed by atoms with van der Waals surface area (Å²) in [4.78, 5) is 0. The first-order chi connectivity index (χ1) is 32.2. The molecule has 0 bridgehead atoms. The molecule has 0 radical (unpaired) electrons. The van der Waals surface area contributed by atoms with E-state index in [2.05, 4.69) is 280 Å². The lowest BCUT2D eigenvalue weighted by atomic mass is 9.85. The second kappa shape index (κ2) is 17.2. The zero-order valence-corrected chi connectivity index (χ0v) is 38.5. The Kier molecular flexibility index (Phi) is 10.6. The Morgan fingerprint density at radius 2 is 0.492 bits per heavy atom. The predicted molar refractivity (Wildman–Crippen MR) is 284 cm³/mol. The molecule has 11 rings (SSSR count). The van der Waals surface area contributed by atoms with Crippen LogP contribution in [0.5, 0.6) is 0 Å². The van der Waals surface area contributed by atoms with Crippen molar-refractivity contribution in [3.63, 3.8) is 0 Å². The molecule has 0 heterocycles. The molecule has 2 heteroatoms. The molecule has 0 aliphatic rings. The molecule has 0 unspecified atom stereocenters. The molecule has 0 saturated heterocycles. The number of benzene rings is 11. The molecule has 0 N–H and O–H groups in total. The van der Waals surface area contributed by atoms with E-state index in [1.807, 2.05) is 0 Å². The second-order valence-electron chi connectivity index (χ2n) is 17.2. The second-order valence-corrected chi connectivity index (χ2v) is 24.8. The Balaban J connectivity index is 1.18. The number of hydrogen-bond acceptors (Lipinski definition) is 0. The van der Waals surface area contributed by atoms with Crippen LogP contribution in [0.4, 0.5) is 0 Å². The van der Waals surface area contributed by atoms with Gasteiger partial charge < -0.3 is 0 Å². The normalized spacial score (nSPS) is 11.8. The maximum atomic E-state index is 2.53. The Bertz CT molecular complexity index is 3210. The molecular formula is C63H48Si2. The van der Waals surface area contributed by atoms with Crippen molar-refractivity contribution < 1.29 is 0 Å². The summed E-state index contributed by atoms with van der Waals surface area (Å²) >= 11 is 0. The van der Waals surface area contributed by atoms with Crippen molar-refractivity contribution in [1.29, 1.82) is 0 Å². The molecule has 0 aliphatic heterocycles. The van der Waals surface area contributed by atoms with Gasteiger partial charge in [0.15, 0.2) is 16.1 Å². The van der Waals surface area contributed by atoms with Crippen LogP contribution in [0.3, 0.4) is 0 Å². The van der Waals surface area contributed by atoms with Crippen LogP contribution in [0.2, 0.25) is 0 Å². The van der Waals surface area contributed by atoms with Crippen molar-refractivity contribution in [2.24, 2.45) is 0 Å². The highest BCUT2D eigenvalue weighted by molar-refractivity contribution is 7.20. The van der Waals surface area contributed by atoms with Crippen LogP contribution in [0.15, 0.2) is 273 Å². The summed E-state index contributed by atoms with van der Waals surface area (Å²) in [7, 11) is -5.55. The van der Waals surface area contributed by atoms with Crippen molar-refractivity contribution in [2.45, 2.75) is 6.92 Å². The summed E-state index contributed by atoms with van der Waals surface area (Å²) in [6, 6.07) is 103. The Labute approximate surface area is 384 Å². The van der Waals surface area contributed by atoms with Crippen LogP contribution in [0.25, 0.3) is 43.8 Å². The van der Waals surface area contributed by atoms with Crippen molar-refractivity contribution in [3.05, 3.63) is 279 Å². The predicted octanol–water partition coefficient (Wildman–Crippen LogP) is 10.4. The Hall–Kier alpha value is -7.63. The maximum absolute atomic E-state index is 2.78. The number of fused-ring (bicyclic) bond motifs is 2. The Morgan fingerprint density at radius 1 is 0.215 bits per heavy atom. The quantitative estimate of drug-likeness (QED) is 0.0730. The van der Waals surface area contributed by atoms with Gasteiger partial charge in [-0.3, -0.25) is 0 Å². The molecule has 0 aromatic heterocycles. The van der Waals surface area contributed by atoms with Crippen LogP contribution in [-0.2, 0) is 0 Å². The fourth-order valence-electron chi connectivity index (χ4n) is 10.9. The van der Waals surface area contributed by atoms with E-state index < -0.39 is 16.1 Å². The van der Waals surface area contributed by atoms with Gasteiger partial charge in [0.1, 0.15) is 0 Å². The van der Waals surface area contributed by atoms with E-state index in [-0.39, 0.29) is 0 Å². The van der Waals surface area contributed by atoms with Gasteiger partial charge >= 0.3 is 0 Å². The van der Waals surface area contributed by atoms with Crippen molar-refractivity contribution in [1.82, 2.24) is 0 Å². The molecular weight excluding hydrogens is 813 g/mol. The highest BCUT2D eigenvalue weighted by Crippen LogP contribution is 2.44. The average Bonchev–Trinajstić information content (AvgIpc) is 3.38. The molecule has 0 aliphatic carbocycles. The summed E-state index contributed by atoms with van der Waals surface area (Å²) in [5.74, 6) is 0. The smallest absolute Gasteiger partial charge is 0.0623 e. The molecule has 0 saturated carbocycles. The molecule has 0 spiro atoms. The third-order valence-electron chi connectivity index (χ3n) is 13.6. The highest BCUT2D eigenvalue weighted by Gasteiger charge is 2.43. The van der Waals surface area contributed by atoms with Gasteiger partial charge in [-0.1, -0.05) is 279 Å². The van der Waals surface area contributed by atoms with Gasteiger partial charge in [0, 0.05) is 0 Å². The van der Waals surface area contributed by atoms with Gasteiger partial charge in [-0.05, 0) is 92.2 Å². The number of aryl methyl sites for hydroxylation is 1. The summed E-state index contributed by atoms with van der Waals surface area (Å²) in [6.45, 7) is 2.23. The monoisotopic (exact) mass is 860 g/mol. The molecule has 11 aromatic rings. The van der Waals surface area contributed by atoms with Gasteiger partial charge in [-0.2, -0.15) is 0 Å². The summed E-state index contributed by atoms with van der Waals surface area (Å²) in [6.07, 6.45) is 0. The summed E-state index contributed by atoms with van der Waals surface area (Å²) in [5, 5.41) is 16.0. The van der Waals surface area contributed by atoms with Crippen LogP contribution in [0, 0.1) is 6.92 Å². The van der Waals surface area contributed by atoms with Crippen molar-refractivity contribution in [2.75, 3.05) is 0 Å². The fraction of sp³-hybridized carbons (Fsp3) is 0.0159. The van der Waals surface area contributed by atoms with E-state index in [0.717, 1.165) is 0 Å². The van der Waals surface area contributed by atoms with E-state index in [4.69, 9.17) is 0 Å².